The first-order chi connectivity index (χ1) is 14.4. The monoisotopic (exact) mass is 432 g/mol. The van der Waals surface area contributed by atoms with Gasteiger partial charge >= 0.3 is 0 Å². The van der Waals surface area contributed by atoms with Gasteiger partial charge in [0.25, 0.3) is 5.91 Å². The van der Waals surface area contributed by atoms with E-state index in [9.17, 15) is 17.6 Å². The highest BCUT2D eigenvalue weighted by atomic mass is 32.2. The molecule has 30 heavy (non-hydrogen) atoms. The molecule has 1 fully saturated rings. The lowest BCUT2D eigenvalue weighted by molar-refractivity contribution is -0.117. The van der Waals surface area contributed by atoms with Gasteiger partial charge in [-0.15, -0.1) is 0 Å². The number of sulfone groups is 1. The van der Waals surface area contributed by atoms with E-state index in [0.717, 1.165) is 6.07 Å². The average molecular weight is 432 g/mol. The van der Waals surface area contributed by atoms with Gasteiger partial charge < -0.3 is 19.7 Å². The third kappa shape index (κ3) is 3.28. The van der Waals surface area contributed by atoms with E-state index in [2.05, 4.69) is 5.32 Å². The van der Waals surface area contributed by atoms with E-state index in [1.807, 2.05) is 0 Å². The Balaban J connectivity index is 1.67. The van der Waals surface area contributed by atoms with Crippen molar-refractivity contribution in [3.63, 3.8) is 0 Å². The number of allylic oxidation sites excluding steroid dienone is 1. The number of ether oxygens (including phenoxy) is 2. The van der Waals surface area contributed by atoms with Crippen LogP contribution in [0.3, 0.4) is 0 Å². The van der Waals surface area contributed by atoms with Gasteiger partial charge in [0.15, 0.2) is 4.91 Å². The van der Waals surface area contributed by atoms with Crippen LogP contribution in [0, 0.1) is 5.82 Å². The van der Waals surface area contributed by atoms with Gasteiger partial charge in [-0.1, -0.05) is 0 Å². The highest BCUT2D eigenvalue weighted by Gasteiger charge is 2.42. The molecule has 0 unspecified atom stereocenters. The van der Waals surface area contributed by atoms with E-state index in [1.54, 1.807) is 23.1 Å². The number of hydrogen-bond acceptors (Lipinski definition) is 6. The third-order valence-corrected chi connectivity index (χ3v) is 7.16. The topological polar surface area (TPSA) is 84.9 Å². The van der Waals surface area contributed by atoms with Crippen LogP contribution >= 0.6 is 0 Å². The fourth-order valence-electron chi connectivity index (χ4n) is 3.87. The molecule has 0 spiro atoms. The molecule has 0 saturated carbocycles. The maximum absolute atomic E-state index is 13.8. The van der Waals surface area contributed by atoms with Crippen LogP contribution < -0.4 is 19.7 Å². The summed E-state index contributed by atoms with van der Waals surface area (Å²) < 4.78 is 50.7. The summed E-state index contributed by atoms with van der Waals surface area (Å²) in [5.74, 6) is -0.275. The fourth-order valence-corrected chi connectivity index (χ4v) is 5.65. The molecule has 2 aliphatic rings. The average Bonchev–Trinajstić information content (AvgIpc) is 3.21. The molecule has 2 heterocycles. The van der Waals surface area contributed by atoms with Gasteiger partial charge in [-0.3, -0.25) is 4.79 Å². The van der Waals surface area contributed by atoms with Crippen LogP contribution in [-0.2, 0) is 21.2 Å². The number of carbonyl (C=O) groups is 1. The summed E-state index contributed by atoms with van der Waals surface area (Å²) in [6, 6.07) is 8.78. The normalized spacial score (nSPS) is 16.7. The number of fused-ring (bicyclic) bond motifs is 3. The Morgan fingerprint density at radius 3 is 2.70 bits per heavy atom. The lowest BCUT2D eigenvalue weighted by Crippen LogP contribution is -2.35. The molecule has 2 aliphatic heterocycles. The largest absolute Gasteiger partial charge is 0.497 e. The lowest BCUT2D eigenvalue weighted by atomic mass is 10.2. The minimum atomic E-state index is -4.15. The Bertz CT molecular complexity index is 1160. The highest BCUT2D eigenvalue weighted by molar-refractivity contribution is 7.96. The van der Waals surface area contributed by atoms with Crippen molar-refractivity contribution in [3.8, 4) is 11.5 Å². The first kappa shape index (κ1) is 20.2. The predicted molar refractivity (Wildman–Crippen MR) is 109 cm³/mol. The number of carbonyl (C=O) groups excluding carboxylic acids is 1. The number of benzene rings is 2. The van der Waals surface area contributed by atoms with Gasteiger partial charge in [0.2, 0.25) is 9.84 Å². The molecule has 0 aromatic heterocycles. The zero-order chi connectivity index (χ0) is 21.5. The Morgan fingerprint density at radius 1 is 1.17 bits per heavy atom. The van der Waals surface area contributed by atoms with E-state index in [0.29, 0.717) is 47.8 Å². The summed E-state index contributed by atoms with van der Waals surface area (Å²) in [6.45, 7) is 0.640. The van der Waals surface area contributed by atoms with E-state index >= 15 is 0 Å². The van der Waals surface area contributed by atoms with Gasteiger partial charge in [0.05, 0.1) is 24.8 Å². The van der Waals surface area contributed by atoms with Gasteiger partial charge in [-0.05, 0) is 43.2 Å². The van der Waals surface area contributed by atoms with Crippen molar-refractivity contribution in [2.75, 3.05) is 25.7 Å². The van der Waals surface area contributed by atoms with Gasteiger partial charge in [-0.25, -0.2) is 12.8 Å². The number of methoxy groups -OCH3 is 2. The minimum Gasteiger partial charge on any atom is -0.497 e. The summed E-state index contributed by atoms with van der Waals surface area (Å²) in [5.41, 5.74) is 1.53. The maximum atomic E-state index is 13.8. The molecule has 0 aliphatic carbocycles. The molecule has 1 amide bonds. The second-order valence-electron chi connectivity index (χ2n) is 7.01. The van der Waals surface area contributed by atoms with Crippen LogP contribution in [0.15, 0.2) is 51.9 Å². The third-order valence-electron chi connectivity index (χ3n) is 5.29. The summed E-state index contributed by atoms with van der Waals surface area (Å²) in [5, 5.41) is 2.68. The molecular formula is C21H21FN2O5S. The van der Waals surface area contributed by atoms with Crippen LogP contribution in [0.1, 0.15) is 18.4 Å². The molecule has 1 N–H and O–H groups in total. The Labute approximate surface area is 174 Å². The second kappa shape index (κ2) is 7.64. The van der Waals surface area contributed by atoms with Gasteiger partial charge in [0.1, 0.15) is 17.3 Å². The molecule has 7 nitrogen and oxygen atoms in total. The quantitative estimate of drug-likeness (QED) is 0.782. The number of nitrogens with zero attached hydrogens (tertiary/aromatic N) is 1. The minimum absolute atomic E-state index is 0.0638. The molecule has 0 atom stereocenters. The van der Waals surface area contributed by atoms with Crippen molar-refractivity contribution in [2.45, 2.75) is 24.3 Å². The number of amides is 1. The summed E-state index contributed by atoms with van der Waals surface area (Å²) in [4.78, 5) is 14.3. The number of nitrogens with one attached hydrogen (secondary N) is 1. The molecule has 158 valence electrons. The standard InChI is InChI=1S/C21H21FN2O5S/c1-28-15-7-5-13(18(11-15)29-2)12-23-21(25)20-17-4-3-9-24(17)16-8-6-14(22)10-19(16)30(20,26)27/h5-8,10-11H,3-4,9,12H2,1-2H3,(H,23,25). The Kier molecular flexibility index (Phi) is 5.15. The van der Waals surface area contributed by atoms with Crippen molar-refractivity contribution in [3.05, 3.63) is 58.4 Å². The van der Waals surface area contributed by atoms with E-state index in [4.69, 9.17) is 9.47 Å². The molecule has 0 radical (unpaired) electrons. The van der Waals surface area contributed by atoms with Crippen molar-refractivity contribution in [1.82, 2.24) is 5.32 Å². The van der Waals surface area contributed by atoms with Gasteiger partial charge in [0, 0.05) is 30.4 Å². The zero-order valence-corrected chi connectivity index (χ0v) is 17.4. The summed E-state index contributed by atoms with van der Waals surface area (Å²) in [6.07, 6.45) is 1.18. The summed E-state index contributed by atoms with van der Waals surface area (Å²) >= 11 is 0. The van der Waals surface area contributed by atoms with E-state index in [1.165, 1.54) is 26.4 Å². The SMILES string of the molecule is COc1ccc(CNC(=O)C2=C3CCCN3c3ccc(F)cc3S2(=O)=O)c(OC)c1. The first-order valence-electron chi connectivity index (χ1n) is 9.41. The second-order valence-corrected chi connectivity index (χ2v) is 8.86. The number of hydrogen-bond donors (Lipinski definition) is 1. The molecular weight excluding hydrogens is 411 g/mol. The maximum Gasteiger partial charge on any atom is 0.265 e. The molecule has 2 aromatic rings. The molecule has 9 heteroatoms. The molecule has 0 bridgehead atoms. The van der Waals surface area contributed by atoms with Crippen LogP contribution in [0.2, 0.25) is 0 Å². The van der Waals surface area contributed by atoms with E-state index < -0.39 is 21.6 Å². The smallest absolute Gasteiger partial charge is 0.265 e. The molecule has 1 saturated heterocycles. The van der Waals surface area contributed by atoms with Crippen molar-refractivity contribution >= 4 is 21.4 Å². The van der Waals surface area contributed by atoms with Crippen LogP contribution in [-0.4, -0.2) is 35.1 Å². The molecule has 2 aromatic carbocycles. The predicted octanol–water partition coefficient (Wildman–Crippen LogP) is 2.76. The fraction of sp³-hybridized carbons (Fsp3) is 0.286. The van der Waals surface area contributed by atoms with E-state index in [-0.39, 0.29) is 16.3 Å². The van der Waals surface area contributed by atoms with Crippen LogP contribution in [0.5, 0.6) is 11.5 Å². The van der Waals surface area contributed by atoms with Crippen molar-refractivity contribution < 1.29 is 27.1 Å². The number of halogens is 1. The zero-order valence-electron chi connectivity index (χ0n) is 16.6. The lowest BCUT2D eigenvalue weighted by Gasteiger charge is -2.30. The van der Waals surface area contributed by atoms with Crippen LogP contribution in [0.4, 0.5) is 10.1 Å². The Morgan fingerprint density at radius 2 is 1.97 bits per heavy atom. The highest BCUT2D eigenvalue weighted by Crippen LogP contribution is 2.43. The number of anilines is 1. The van der Waals surface area contributed by atoms with Crippen molar-refractivity contribution in [2.24, 2.45) is 0 Å². The number of rotatable bonds is 5. The summed E-state index contributed by atoms with van der Waals surface area (Å²) in [7, 11) is -1.12. The van der Waals surface area contributed by atoms with Crippen molar-refractivity contribution in [1.29, 1.82) is 0 Å². The van der Waals surface area contributed by atoms with Crippen LogP contribution in [0.25, 0.3) is 0 Å². The van der Waals surface area contributed by atoms with Gasteiger partial charge in [-0.2, -0.15) is 0 Å². The molecule has 4 rings (SSSR count). The first-order valence-corrected chi connectivity index (χ1v) is 10.9. The Hall–Kier alpha value is -3.07.